The molecular formula is C76H147NO18. The fourth-order valence-electron chi connectivity index (χ4n) is 14.0. The summed E-state index contributed by atoms with van der Waals surface area (Å²) < 4.78 is 34.4. The third-order valence-corrected chi connectivity index (χ3v) is 20.4. The minimum atomic E-state index is -1.97. The summed E-state index contributed by atoms with van der Waals surface area (Å²) in [6.07, 6.45) is 39.6. The van der Waals surface area contributed by atoms with E-state index >= 15 is 0 Å². The van der Waals surface area contributed by atoms with Gasteiger partial charge in [0.25, 0.3) is 0 Å². The van der Waals surface area contributed by atoms with Crippen molar-refractivity contribution in [1.29, 1.82) is 0 Å². The number of rotatable bonds is 64. The second-order valence-electron chi connectivity index (χ2n) is 28.9. The molecule has 19 nitrogen and oxygen atoms in total. The first-order chi connectivity index (χ1) is 46.3. The molecule has 0 radical (unpaired) electrons. The Morgan fingerprint density at radius 3 is 0.916 bits per heavy atom. The summed E-state index contributed by atoms with van der Waals surface area (Å²) in [6.45, 7) is 1.84. The van der Waals surface area contributed by atoms with E-state index in [-0.39, 0.29) is 18.9 Å². The van der Waals surface area contributed by atoms with Gasteiger partial charge >= 0.3 is 0 Å². The fraction of sp³-hybridized carbons (Fsp3) is 0.987. The number of amides is 1. The lowest BCUT2D eigenvalue weighted by Crippen LogP contribution is -2.66. The topological polar surface area (TPSA) is 307 Å². The Bertz CT molecular complexity index is 1720. The molecule has 0 bridgehead atoms. The van der Waals surface area contributed by atoms with Crippen molar-refractivity contribution in [2.24, 2.45) is 0 Å². The van der Waals surface area contributed by atoms with Gasteiger partial charge in [0.2, 0.25) is 5.91 Å². The number of ether oxygens (including phenoxy) is 6. The van der Waals surface area contributed by atoms with Gasteiger partial charge in [-0.1, -0.05) is 328 Å². The lowest BCUT2D eigenvalue weighted by molar-refractivity contribution is -0.379. The Morgan fingerprint density at radius 1 is 0.337 bits per heavy atom. The summed E-state index contributed by atoms with van der Waals surface area (Å²) in [4.78, 5) is 13.4. The van der Waals surface area contributed by atoms with Gasteiger partial charge in [-0.05, 0) is 12.8 Å². The first-order valence-electron chi connectivity index (χ1n) is 39.8. The molecule has 0 aromatic heterocycles. The highest BCUT2D eigenvalue weighted by molar-refractivity contribution is 5.76. The number of unbranched alkanes of at least 4 members (excludes halogenated alkanes) is 48. The molecule has 19 heteroatoms. The van der Waals surface area contributed by atoms with Crippen molar-refractivity contribution >= 4 is 5.91 Å². The Labute approximate surface area is 576 Å². The molecule has 3 aliphatic rings. The number of hydrogen-bond donors (Lipinski definition) is 12. The number of hydrogen-bond acceptors (Lipinski definition) is 18. The highest BCUT2D eigenvalue weighted by atomic mass is 16.8. The highest BCUT2D eigenvalue weighted by Gasteiger charge is 2.54. The molecule has 0 saturated carbocycles. The maximum atomic E-state index is 13.4. The maximum absolute atomic E-state index is 13.4. The third kappa shape index (κ3) is 39.1. The molecule has 0 aliphatic carbocycles. The SMILES string of the molecule is CCCCCCCCCCCCCCCCCCCCCCCCCCCCCCCCCCCCCCCCC(=O)NC(COC1OC(CO)C(OC2OC(CO)C(OC3OC(CO)C(O)C(O)C3O)C(O)C2O)C(O)C1O)C(O)CCCCCCCCCCCCCC. The van der Waals surface area contributed by atoms with E-state index in [1.54, 1.807) is 0 Å². The molecule has 0 aromatic carbocycles. The first kappa shape index (κ1) is 88.0. The summed E-state index contributed by atoms with van der Waals surface area (Å²) >= 11 is 0. The van der Waals surface area contributed by atoms with Crippen LogP contribution in [0.1, 0.15) is 348 Å². The predicted molar refractivity (Wildman–Crippen MR) is 374 cm³/mol. The number of aliphatic hydroxyl groups excluding tert-OH is 11. The van der Waals surface area contributed by atoms with E-state index in [1.165, 1.54) is 270 Å². The minimum absolute atomic E-state index is 0.235. The average molecular weight is 1360 g/mol. The van der Waals surface area contributed by atoms with Crippen LogP contribution in [0.5, 0.6) is 0 Å². The average Bonchev–Trinajstić information content (AvgIpc) is 0.787. The molecular weight excluding hydrogens is 1210 g/mol. The van der Waals surface area contributed by atoms with Crippen molar-refractivity contribution in [1.82, 2.24) is 5.32 Å². The van der Waals surface area contributed by atoms with E-state index in [1.807, 2.05) is 0 Å². The molecule has 12 N–H and O–H groups in total. The normalized spacial score (nSPS) is 27.1. The Morgan fingerprint density at radius 2 is 0.600 bits per heavy atom. The molecule has 17 unspecified atom stereocenters. The molecule has 3 heterocycles. The lowest BCUT2D eigenvalue weighted by Gasteiger charge is -2.48. The van der Waals surface area contributed by atoms with Gasteiger partial charge in [0.1, 0.15) is 73.2 Å². The Balaban J connectivity index is 1.27. The molecule has 3 rings (SSSR count). The van der Waals surface area contributed by atoms with Gasteiger partial charge in [-0.2, -0.15) is 0 Å². The van der Waals surface area contributed by atoms with Crippen molar-refractivity contribution in [2.75, 3.05) is 26.4 Å². The zero-order chi connectivity index (χ0) is 68.9. The van der Waals surface area contributed by atoms with Crippen LogP contribution in [-0.2, 0) is 33.2 Å². The van der Waals surface area contributed by atoms with Gasteiger partial charge in [0.15, 0.2) is 18.9 Å². The molecule has 0 aromatic rings. The molecule has 95 heavy (non-hydrogen) atoms. The summed E-state index contributed by atoms with van der Waals surface area (Å²) in [5.41, 5.74) is 0. The zero-order valence-electron chi connectivity index (χ0n) is 60.2. The van der Waals surface area contributed by atoms with Crippen LogP contribution < -0.4 is 5.32 Å². The van der Waals surface area contributed by atoms with Crippen LogP contribution in [0.3, 0.4) is 0 Å². The number of nitrogens with one attached hydrogen (secondary N) is 1. The van der Waals surface area contributed by atoms with E-state index in [4.69, 9.17) is 28.4 Å². The van der Waals surface area contributed by atoms with Gasteiger partial charge in [-0.25, -0.2) is 0 Å². The van der Waals surface area contributed by atoms with Crippen molar-refractivity contribution < 1.29 is 89.4 Å². The smallest absolute Gasteiger partial charge is 0.220 e. The Kier molecular flexibility index (Phi) is 54.0. The lowest BCUT2D eigenvalue weighted by atomic mass is 9.96. The van der Waals surface area contributed by atoms with E-state index < -0.39 is 124 Å². The van der Waals surface area contributed by atoms with Gasteiger partial charge in [-0.15, -0.1) is 0 Å². The van der Waals surface area contributed by atoms with Crippen molar-refractivity contribution in [2.45, 2.75) is 452 Å². The number of carbonyl (C=O) groups is 1. The second kappa shape index (κ2) is 58.3. The van der Waals surface area contributed by atoms with Crippen LogP contribution in [0.2, 0.25) is 0 Å². The summed E-state index contributed by atoms with van der Waals surface area (Å²) in [7, 11) is 0. The monoisotopic (exact) mass is 1360 g/mol. The van der Waals surface area contributed by atoms with E-state index in [2.05, 4.69) is 19.2 Å². The van der Waals surface area contributed by atoms with Gasteiger partial charge < -0.3 is 89.9 Å². The quantitative estimate of drug-likeness (QED) is 0.0252. The van der Waals surface area contributed by atoms with Crippen molar-refractivity contribution in [3.8, 4) is 0 Å². The Hall–Kier alpha value is -1.21. The van der Waals surface area contributed by atoms with E-state index in [0.717, 1.165) is 44.9 Å². The number of aliphatic hydroxyl groups is 11. The van der Waals surface area contributed by atoms with E-state index in [0.29, 0.717) is 12.8 Å². The first-order valence-corrected chi connectivity index (χ1v) is 39.8. The van der Waals surface area contributed by atoms with E-state index in [9.17, 15) is 61.0 Å². The molecule has 3 fully saturated rings. The standard InChI is InChI=1S/C76H147NO18/c1-3-5-7-9-11-13-15-17-18-19-20-21-22-23-24-25-26-27-28-29-30-31-32-33-34-35-36-37-38-39-40-41-42-44-46-48-50-52-54-64(82)77-59(60(81)53-51-49-47-45-43-16-14-12-10-8-6-4-2)58-90-74-70(88)67(85)72(62(56-79)92-74)95-76-71(89)68(86)73(63(57-80)93-76)94-75-69(87)66(84)65(83)61(55-78)91-75/h59-63,65-76,78-81,83-89H,3-58H2,1-2H3,(H,77,82). The summed E-state index contributed by atoms with van der Waals surface area (Å²) in [5, 5.41) is 121. The predicted octanol–water partition coefficient (Wildman–Crippen LogP) is 12.6. The fourth-order valence-corrected chi connectivity index (χ4v) is 14.0. The van der Waals surface area contributed by atoms with Crippen LogP contribution in [-0.4, -0.2) is 193 Å². The van der Waals surface area contributed by atoms with Gasteiger partial charge in [0.05, 0.1) is 38.6 Å². The summed E-state index contributed by atoms with van der Waals surface area (Å²) in [6, 6.07) is -0.881. The maximum Gasteiger partial charge on any atom is 0.220 e. The van der Waals surface area contributed by atoms with Crippen LogP contribution in [0.25, 0.3) is 0 Å². The van der Waals surface area contributed by atoms with Crippen LogP contribution in [0.15, 0.2) is 0 Å². The second-order valence-corrected chi connectivity index (χ2v) is 28.9. The van der Waals surface area contributed by atoms with Gasteiger partial charge in [-0.3, -0.25) is 4.79 Å². The summed E-state index contributed by atoms with van der Waals surface area (Å²) in [5.74, 6) is -0.235. The van der Waals surface area contributed by atoms with Crippen LogP contribution in [0, 0.1) is 0 Å². The minimum Gasteiger partial charge on any atom is -0.394 e. The molecule has 3 aliphatic heterocycles. The highest BCUT2D eigenvalue weighted by Crippen LogP contribution is 2.33. The molecule has 564 valence electrons. The molecule has 17 atom stereocenters. The third-order valence-electron chi connectivity index (χ3n) is 20.4. The molecule has 3 saturated heterocycles. The molecule has 0 spiro atoms. The van der Waals surface area contributed by atoms with Crippen molar-refractivity contribution in [3.05, 3.63) is 0 Å². The van der Waals surface area contributed by atoms with Crippen molar-refractivity contribution in [3.63, 3.8) is 0 Å². The van der Waals surface area contributed by atoms with Crippen LogP contribution in [0.4, 0.5) is 0 Å². The zero-order valence-corrected chi connectivity index (χ0v) is 60.2. The number of carbonyl (C=O) groups excluding carboxylic acids is 1. The van der Waals surface area contributed by atoms with Crippen LogP contribution >= 0.6 is 0 Å². The molecule has 1 amide bonds. The van der Waals surface area contributed by atoms with Gasteiger partial charge in [0, 0.05) is 6.42 Å². The largest absolute Gasteiger partial charge is 0.394 e.